The van der Waals surface area contributed by atoms with Gasteiger partial charge in [0.25, 0.3) is 5.78 Å². The van der Waals surface area contributed by atoms with Gasteiger partial charge >= 0.3 is 18.2 Å². The number of Topliss-reactive ketones (excluding diaryl/α,β-unsaturated/α-hetero) is 1. The van der Waals surface area contributed by atoms with Crippen LogP contribution in [0.2, 0.25) is 0 Å². The summed E-state index contributed by atoms with van der Waals surface area (Å²) in [4.78, 5) is 19.9. The maximum absolute atomic E-state index is 12.1. The van der Waals surface area contributed by atoms with Crippen molar-refractivity contribution in [2.75, 3.05) is 0 Å². The average Bonchev–Trinajstić information content (AvgIpc) is 2.24. The number of ether oxygens (including phenoxy) is 1. The predicted molar refractivity (Wildman–Crippen MR) is 50.2 cm³/mol. The molecular weight excluding hydrogens is 300 g/mol. The van der Waals surface area contributed by atoms with Crippen LogP contribution in [0.3, 0.4) is 0 Å². The van der Waals surface area contributed by atoms with Crippen LogP contribution in [0.4, 0.5) is 32.0 Å². The molecule has 0 unspecified atom stereocenters. The van der Waals surface area contributed by atoms with Crippen molar-refractivity contribution in [3.8, 4) is 5.75 Å². The number of carbonyl (C=O) groups excluding carboxylic acids is 1. The van der Waals surface area contributed by atoms with E-state index in [0.717, 1.165) is 0 Å². The quantitative estimate of drug-likeness (QED) is 0.372. The minimum absolute atomic E-state index is 0.0664. The van der Waals surface area contributed by atoms with E-state index in [9.17, 15) is 41.3 Å². The van der Waals surface area contributed by atoms with Crippen LogP contribution in [-0.2, 0) is 0 Å². The summed E-state index contributed by atoms with van der Waals surface area (Å²) in [7, 11) is 0. The molecule has 0 heterocycles. The molecule has 0 aliphatic carbocycles. The number of halogens is 6. The third-order valence-corrected chi connectivity index (χ3v) is 1.90. The lowest BCUT2D eigenvalue weighted by Crippen LogP contribution is -2.23. The molecule has 0 spiro atoms. The number of carbonyl (C=O) groups is 1. The molecule has 0 N–H and O–H groups in total. The number of rotatable bonds is 3. The van der Waals surface area contributed by atoms with E-state index in [2.05, 4.69) is 4.74 Å². The first-order valence-electron chi connectivity index (χ1n) is 4.57. The Hall–Kier alpha value is -2.33. The maximum Gasteiger partial charge on any atom is 0.573 e. The Kier molecular flexibility index (Phi) is 3.92. The van der Waals surface area contributed by atoms with Crippen LogP contribution >= 0.6 is 0 Å². The molecule has 1 rings (SSSR count). The summed E-state index contributed by atoms with van der Waals surface area (Å²) in [6.07, 6.45) is -10.6. The summed E-state index contributed by atoms with van der Waals surface area (Å²) in [5.74, 6) is -3.74. The minimum atomic E-state index is -5.31. The second kappa shape index (κ2) is 4.98. The van der Waals surface area contributed by atoms with Crippen LogP contribution in [0.15, 0.2) is 18.2 Å². The van der Waals surface area contributed by atoms with Crippen molar-refractivity contribution >= 4 is 11.5 Å². The number of hydrogen-bond donors (Lipinski definition) is 0. The number of nitrogens with zero attached hydrogens (tertiary/aromatic N) is 1. The molecule has 0 bridgehead atoms. The summed E-state index contributed by atoms with van der Waals surface area (Å²) >= 11 is 0. The van der Waals surface area contributed by atoms with Crippen LogP contribution in [0, 0.1) is 10.1 Å². The highest BCUT2D eigenvalue weighted by Crippen LogP contribution is 2.34. The zero-order valence-electron chi connectivity index (χ0n) is 9.08. The van der Waals surface area contributed by atoms with Gasteiger partial charge in [0, 0.05) is 11.6 Å². The minimum Gasteiger partial charge on any atom is -0.398 e. The van der Waals surface area contributed by atoms with Gasteiger partial charge in [-0.1, -0.05) is 0 Å². The first-order chi connectivity index (χ1) is 8.92. The van der Waals surface area contributed by atoms with Crippen molar-refractivity contribution in [1.82, 2.24) is 0 Å². The monoisotopic (exact) mass is 303 g/mol. The lowest BCUT2D eigenvalue weighted by Gasteiger charge is -2.10. The number of benzene rings is 1. The highest BCUT2D eigenvalue weighted by Gasteiger charge is 2.41. The molecule has 11 heteroatoms. The van der Waals surface area contributed by atoms with Gasteiger partial charge in [0.1, 0.15) is 0 Å². The molecule has 0 saturated heterocycles. The summed E-state index contributed by atoms with van der Waals surface area (Å²) in [6.45, 7) is 0. The molecule has 0 aromatic heterocycles. The second-order valence-corrected chi connectivity index (χ2v) is 3.31. The lowest BCUT2D eigenvalue weighted by atomic mass is 10.1. The Bertz CT molecular complexity index is 550. The van der Waals surface area contributed by atoms with Gasteiger partial charge in [0.15, 0.2) is 0 Å². The Labute approximate surface area is 105 Å². The van der Waals surface area contributed by atoms with E-state index in [4.69, 9.17) is 0 Å². The third-order valence-electron chi connectivity index (χ3n) is 1.90. The van der Waals surface area contributed by atoms with E-state index in [1.165, 1.54) is 0 Å². The third kappa shape index (κ3) is 3.83. The standard InChI is InChI=1S/C9H3F6NO4/c10-8(11,12)7(17)4-1-2-6(20-9(13,14)15)5(3-4)16(18)19/h1-3H. The fourth-order valence-corrected chi connectivity index (χ4v) is 1.18. The topological polar surface area (TPSA) is 69.4 Å². The summed E-state index contributed by atoms with van der Waals surface area (Å²) in [6, 6.07) is 0.686. The summed E-state index contributed by atoms with van der Waals surface area (Å²) < 4.78 is 75.4. The van der Waals surface area contributed by atoms with Crippen molar-refractivity contribution in [2.24, 2.45) is 0 Å². The van der Waals surface area contributed by atoms with Crippen molar-refractivity contribution in [2.45, 2.75) is 12.5 Å². The highest BCUT2D eigenvalue weighted by atomic mass is 19.4. The number of ketones is 1. The Balaban J connectivity index is 3.28. The fraction of sp³-hybridized carbons (Fsp3) is 0.222. The van der Waals surface area contributed by atoms with E-state index in [0.29, 0.717) is 6.07 Å². The van der Waals surface area contributed by atoms with Crippen LogP contribution in [-0.4, -0.2) is 23.2 Å². The van der Waals surface area contributed by atoms with Crippen molar-refractivity contribution in [1.29, 1.82) is 0 Å². The largest absolute Gasteiger partial charge is 0.573 e. The van der Waals surface area contributed by atoms with Gasteiger partial charge in [-0.15, -0.1) is 13.2 Å². The molecule has 0 atom stereocenters. The second-order valence-electron chi connectivity index (χ2n) is 3.31. The van der Waals surface area contributed by atoms with Crippen molar-refractivity contribution in [3.63, 3.8) is 0 Å². The predicted octanol–water partition coefficient (Wildman–Crippen LogP) is 3.24. The van der Waals surface area contributed by atoms with Crippen LogP contribution in [0.5, 0.6) is 5.75 Å². The van der Waals surface area contributed by atoms with Gasteiger partial charge < -0.3 is 4.74 Å². The van der Waals surface area contributed by atoms with Gasteiger partial charge in [-0.25, -0.2) is 0 Å². The molecular formula is C9H3F6NO4. The molecule has 0 amide bonds. The summed E-state index contributed by atoms with van der Waals surface area (Å²) in [5.41, 5.74) is -2.57. The SMILES string of the molecule is O=C(c1ccc(OC(F)(F)F)c([N+](=O)[O-])c1)C(F)(F)F. The van der Waals surface area contributed by atoms with Crippen LogP contribution < -0.4 is 4.74 Å². The summed E-state index contributed by atoms with van der Waals surface area (Å²) in [5, 5.41) is 10.5. The molecule has 1 aromatic rings. The smallest absolute Gasteiger partial charge is 0.398 e. The Morgan fingerprint density at radius 2 is 1.70 bits per heavy atom. The highest BCUT2D eigenvalue weighted by molar-refractivity contribution is 6.01. The van der Waals surface area contributed by atoms with Crippen LogP contribution in [0.1, 0.15) is 10.4 Å². The molecule has 0 fully saturated rings. The van der Waals surface area contributed by atoms with E-state index in [1.807, 2.05) is 0 Å². The molecule has 5 nitrogen and oxygen atoms in total. The number of alkyl halides is 6. The van der Waals surface area contributed by atoms with Crippen molar-refractivity contribution < 1.29 is 40.8 Å². The molecule has 1 aromatic carbocycles. The average molecular weight is 303 g/mol. The zero-order valence-corrected chi connectivity index (χ0v) is 9.08. The van der Waals surface area contributed by atoms with Gasteiger partial charge in [0.05, 0.1) is 4.92 Å². The first-order valence-corrected chi connectivity index (χ1v) is 4.57. The molecule has 20 heavy (non-hydrogen) atoms. The number of nitro benzene ring substituents is 1. The van der Waals surface area contributed by atoms with E-state index < -0.39 is 40.2 Å². The van der Waals surface area contributed by atoms with E-state index in [1.54, 1.807) is 0 Å². The van der Waals surface area contributed by atoms with Gasteiger partial charge in [0.2, 0.25) is 5.75 Å². The van der Waals surface area contributed by atoms with Gasteiger partial charge in [-0.3, -0.25) is 14.9 Å². The van der Waals surface area contributed by atoms with E-state index >= 15 is 0 Å². The zero-order chi connectivity index (χ0) is 15.7. The van der Waals surface area contributed by atoms with E-state index in [-0.39, 0.29) is 12.1 Å². The van der Waals surface area contributed by atoms with Gasteiger partial charge in [-0.05, 0) is 12.1 Å². The maximum atomic E-state index is 12.1. The molecule has 0 radical (unpaired) electrons. The lowest BCUT2D eigenvalue weighted by molar-refractivity contribution is -0.388. The Morgan fingerprint density at radius 3 is 2.10 bits per heavy atom. The van der Waals surface area contributed by atoms with Gasteiger partial charge in [-0.2, -0.15) is 13.2 Å². The van der Waals surface area contributed by atoms with Crippen LogP contribution in [0.25, 0.3) is 0 Å². The normalized spacial score (nSPS) is 12.1. The fourth-order valence-electron chi connectivity index (χ4n) is 1.18. The first kappa shape index (κ1) is 15.7. The Morgan fingerprint density at radius 1 is 1.15 bits per heavy atom. The molecule has 0 saturated carbocycles. The molecule has 0 aliphatic heterocycles. The molecule has 0 aliphatic rings. The number of hydrogen-bond acceptors (Lipinski definition) is 4. The van der Waals surface area contributed by atoms with Crippen molar-refractivity contribution in [3.05, 3.63) is 33.9 Å². The molecule has 110 valence electrons. The number of nitro groups is 1.